The maximum Gasteiger partial charge on any atom is 0.336 e. The largest absolute Gasteiger partial charge is 0.494 e. The van der Waals surface area contributed by atoms with Crippen LogP contribution in [0.25, 0.3) is 0 Å². The number of benzene rings is 2. The summed E-state index contributed by atoms with van der Waals surface area (Å²) in [6.07, 6.45) is 0.189. The Labute approximate surface area is 162 Å². The molecule has 0 aromatic heterocycles. The van der Waals surface area contributed by atoms with Crippen molar-refractivity contribution in [1.29, 1.82) is 0 Å². The quantitative estimate of drug-likeness (QED) is 0.747. The number of halogens is 1. The number of nitrogens with zero attached hydrogens (tertiary/aromatic N) is 1. The van der Waals surface area contributed by atoms with Crippen molar-refractivity contribution in [3.05, 3.63) is 70.4 Å². The molecule has 0 unspecified atom stereocenters. The third-order valence-electron chi connectivity index (χ3n) is 4.78. The highest BCUT2D eigenvalue weighted by Crippen LogP contribution is 2.42. The summed E-state index contributed by atoms with van der Waals surface area (Å²) in [5.41, 5.74) is 2.67. The lowest BCUT2D eigenvalue weighted by atomic mass is 9.84. The Morgan fingerprint density at radius 1 is 1.19 bits per heavy atom. The Bertz CT molecular complexity index is 935. The molecular formula is C21H18ClNO4. The van der Waals surface area contributed by atoms with Gasteiger partial charge in [0.15, 0.2) is 0 Å². The van der Waals surface area contributed by atoms with Gasteiger partial charge in [0.25, 0.3) is 0 Å². The second-order valence-electron chi connectivity index (χ2n) is 6.40. The van der Waals surface area contributed by atoms with E-state index >= 15 is 0 Å². The summed E-state index contributed by atoms with van der Waals surface area (Å²) < 4.78 is 10.8. The summed E-state index contributed by atoms with van der Waals surface area (Å²) in [6.45, 7) is 2.58. The second kappa shape index (κ2) is 7.08. The fourth-order valence-electron chi connectivity index (χ4n) is 3.62. The summed E-state index contributed by atoms with van der Waals surface area (Å²) >= 11 is 6.08. The van der Waals surface area contributed by atoms with Crippen molar-refractivity contribution in [3.8, 4) is 5.75 Å². The number of carbonyl (C=O) groups excluding carboxylic acids is 2. The van der Waals surface area contributed by atoms with Crippen molar-refractivity contribution in [2.45, 2.75) is 19.3 Å². The predicted octanol–water partition coefficient (Wildman–Crippen LogP) is 4.07. The van der Waals surface area contributed by atoms with Crippen molar-refractivity contribution in [2.24, 2.45) is 0 Å². The van der Waals surface area contributed by atoms with Crippen molar-refractivity contribution in [1.82, 2.24) is 0 Å². The highest BCUT2D eigenvalue weighted by atomic mass is 35.5. The molecule has 0 N–H and O–H groups in total. The number of rotatable bonds is 4. The number of cyclic esters (lactones) is 1. The molecule has 27 heavy (non-hydrogen) atoms. The monoisotopic (exact) mass is 383 g/mol. The molecule has 0 saturated carbocycles. The van der Waals surface area contributed by atoms with Crippen LogP contribution >= 0.6 is 11.6 Å². The first-order valence-corrected chi connectivity index (χ1v) is 9.17. The van der Waals surface area contributed by atoms with E-state index in [9.17, 15) is 9.59 Å². The maximum absolute atomic E-state index is 13.0. The fraction of sp³-hybridized carbons (Fsp3) is 0.238. The van der Waals surface area contributed by atoms with Gasteiger partial charge in [0.1, 0.15) is 12.4 Å². The van der Waals surface area contributed by atoms with Gasteiger partial charge in [-0.15, -0.1) is 0 Å². The van der Waals surface area contributed by atoms with Crippen LogP contribution < -0.4 is 9.64 Å². The van der Waals surface area contributed by atoms with Gasteiger partial charge in [-0.3, -0.25) is 9.69 Å². The molecule has 0 aliphatic carbocycles. The normalized spacial score (nSPS) is 19.2. The van der Waals surface area contributed by atoms with Gasteiger partial charge in [-0.1, -0.05) is 29.8 Å². The lowest BCUT2D eigenvalue weighted by Gasteiger charge is -2.32. The molecule has 1 amide bonds. The molecule has 1 atom stereocenters. The average Bonchev–Trinajstić information content (AvgIpc) is 3.03. The van der Waals surface area contributed by atoms with Crippen LogP contribution in [0.5, 0.6) is 5.75 Å². The highest BCUT2D eigenvalue weighted by molar-refractivity contribution is 6.31. The minimum absolute atomic E-state index is 0.0833. The first kappa shape index (κ1) is 17.6. The molecule has 2 aromatic rings. The third kappa shape index (κ3) is 3.19. The van der Waals surface area contributed by atoms with Gasteiger partial charge in [-0.2, -0.15) is 0 Å². The van der Waals surface area contributed by atoms with E-state index in [1.807, 2.05) is 31.2 Å². The summed E-state index contributed by atoms with van der Waals surface area (Å²) in [4.78, 5) is 27.0. The first-order chi connectivity index (χ1) is 13.1. The number of esters is 1. The van der Waals surface area contributed by atoms with Gasteiger partial charge >= 0.3 is 5.97 Å². The van der Waals surface area contributed by atoms with Crippen LogP contribution in [0.1, 0.15) is 24.8 Å². The molecule has 0 bridgehead atoms. The molecule has 2 aliphatic rings. The van der Waals surface area contributed by atoms with Crippen LogP contribution in [0.2, 0.25) is 5.02 Å². The molecule has 6 heteroatoms. The van der Waals surface area contributed by atoms with Crippen LogP contribution in [0.3, 0.4) is 0 Å². The summed E-state index contributed by atoms with van der Waals surface area (Å²) in [6, 6.07) is 14.5. The third-order valence-corrected chi connectivity index (χ3v) is 5.01. The zero-order valence-corrected chi connectivity index (χ0v) is 15.5. The van der Waals surface area contributed by atoms with E-state index in [2.05, 4.69) is 0 Å². The van der Waals surface area contributed by atoms with Crippen LogP contribution in [-0.2, 0) is 14.3 Å². The molecule has 0 radical (unpaired) electrons. The lowest BCUT2D eigenvalue weighted by Crippen LogP contribution is -2.37. The van der Waals surface area contributed by atoms with E-state index in [-0.39, 0.29) is 30.8 Å². The number of hydrogen-bond acceptors (Lipinski definition) is 4. The molecule has 138 valence electrons. The number of hydrogen-bond donors (Lipinski definition) is 0. The molecule has 0 saturated heterocycles. The lowest BCUT2D eigenvalue weighted by molar-refractivity contribution is -0.136. The Balaban J connectivity index is 1.75. The average molecular weight is 384 g/mol. The topological polar surface area (TPSA) is 55.8 Å². The Morgan fingerprint density at radius 3 is 2.67 bits per heavy atom. The molecule has 4 rings (SSSR count). The van der Waals surface area contributed by atoms with Gasteiger partial charge < -0.3 is 9.47 Å². The standard InChI is InChI=1S/C21H18ClNO4/c1-2-26-16-8-6-13(7-9-16)17-11-19(24)23(15-5-3-4-14(22)10-15)18-12-27-21(25)20(17)18/h3-10,17H,2,11-12H2,1H3/t17-/m0/s1. The van der Waals surface area contributed by atoms with Crippen LogP contribution in [-0.4, -0.2) is 25.1 Å². The molecular weight excluding hydrogens is 366 g/mol. The highest BCUT2D eigenvalue weighted by Gasteiger charge is 2.42. The van der Waals surface area contributed by atoms with Crippen molar-refractivity contribution in [2.75, 3.05) is 18.1 Å². The van der Waals surface area contributed by atoms with Gasteiger partial charge in [0, 0.05) is 17.4 Å². The fourth-order valence-corrected chi connectivity index (χ4v) is 3.80. The van der Waals surface area contributed by atoms with E-state index < -0.39 is 0 Å². The van der Waals surface area contributed by atoms with E-state index in [1.165, 1.54) is 0 Å². The second-order valence-corrected chi connectivity index (χ2v) is 6.84. The molecule has 5 nitrogen and oxygen atoms in total. The number of carbonyl (C=O) groups is 2. The molecule has 2 aromatic carbocycles. The minimum atomic E-state index is -0.372. The van der Waals surface area contributed by atoms with Crippen molar-refractivity contribution >= 4 is 29.2 Å². The van der Waals surface area contributed by atoms with Gasteiger partial charge in [-0.05, 0) is 42.8 Å². The summed E-state index contributed by atoms with van der Waals surface area (Å²) in [5, 5.41) is 0.529. The minimum Gasteiger partial charge on any atom is -0.494 e. The van der Waals surface area contributed by atoms with E-state index in [4.69, 9.17) is 21.1 Å². The Kier molecular flexibility index (Phi) is 4.62. The van der Waals surface area contributed by atoms with Gasteiger partial charge in [-0.25, -0.2) is 4.79 Å². The van der Waals surface area contributed by atoms with E-state index in [0.29, 0.717) is 28.6 Å². The van der Waals surface area contributed by atoms with Crippen molar-refractivity contribution < 1.29 is 19.1 Å². The van der Waals surface area contributed by atoms with Crippen LogP contribution in [0.15, 0.2) is 59.8 Å². The van der Waals surface area contributed by atoms with Crippen molar-refractivity contribution in [3.63, 3.8) is 0 Å². The maximum atomic E-state index is 13.0. The molecule has 2 aliphatic heterocycles. The van der Waals surface area contributed by atoms with E-state index in [0.717, 1.165) is 11.3 Å². The summed E-state index contributed by atoms with van der Waals surface area (Å²) in [5.74, 6) is -0.0302. The summed E-state index contributed by atoms with van der Waals surface area (Å²) in [7, 11) is 0. The number of anilines is 1. The first-order valence-electron chi connectivity index (χ1n) is 8.80. The van der Waals surface area contributed by atoms with Crippen LogP contribution in [0.4, 0.5) is 5.69 Å². The molecule has 0 fully saturated rings. The van der Waals surface area contributed by atoms with Crippen LogP contribution in [0, 0.1) is 0 Å². The van der Waals surface area contributed by atoms with Gasteiger partial charge in [0.05, 0.1) is 23.6 Å². The molecule has 0 spiro atoms. The predicted molar refractivity (Wildman–Crippen MR) is 102 cm³/mol. The van der Waals surface area contributed by atoms with Gasteiger partial charge in [0.2, 0.25) is 5.91 Å². The molecule has 2 heterocycles. The number of amides is 1. The SMILES string of the molecule is CCOc1ccc([C@@H]2CC(=O)N(c3cccc(Cl)c3)C3=C2C(=O)OC3)cc1. The van der Waals surface area contributed by atoms with E-state index in [1.54, 1.807) is 29.2 Å². The smallest absolute Gasteiger partial charge is 0.336 e. The zero-order chi connectivity index (χ0) is 19.0. The zero-order valence-electron chi connectivity index (χ0n) is 14.8. The number of ether oxygens (including phenoxy) is 2. The Hall–Kier alpha value is -2.79. The Morgan fingerprint density at radius 2 is 1.96 bits per heavy atom.